The summed E-state index contributed by atoms with van der Waals surface area (Å²) in [6.45, 7) is 15.5. The summed E-state index contributed by atoms with van der Waals surface area (Å²) in [5.74, 6) is 0.602. The second-order valence-electron chi connectivity index (χ2n) is 12.5. The van der Waals surface area contributed by atoms with Gasteiger partial charge in [0.2, 0.25) is 0 Å². The van der Waals surface area contributed by atoms with E-state index in [1.165, 1.54) is 16.7 Å². The molecule has 0 spiro atoms. The fraction of sp³-hybridized carbons (Fsp3) is 0.469. The van der Waals surface area contributed by atoms with Crippen LogP contribution in [-0.4, -0.2) is 38.0 Å². The largest absolute Gasteiger partial charge is 0.490 e. The topological polar surface area (TPSA) is 84.2 Å². The van der Waals surface area contributed by atoms with Gasteiger partial charge in [-0.1, -0.05) is 39.0 Å². The van der Waals surface area contributed by atoms with Crippen molar-refractivity contribution in [3.05, 3.63) is 59.3 Å². The third kappa shape index (κ3) is 7.27. The van der Waals surface area contributed by atoms with Gasteiger partial charge in [-0.25, -0.2) is 4.98 Å². The quantitative estimate of drug-likeness (QED) is 0.188. The molecular weight excluding hydrogens is 535 g/mol. The third-order valence-corrected chi connectivity index (χ3v) is 10.6. The lowest BCUT2D eigenvalue weighted by Gasteiger charge is -2.26. The summed E-state index contributed by atoms with van der Waals surface area (Å²) in [5.41, 5.74) is 5.34. The molecule has 2 aromatic carbocycles. The standard InChI is InChI=1S/C32H41N3O3SSi/c1-21(2)38-28-14-11-22(17-23(28)19-33)31-35-20-29(39-31)26-10-8-9-25-24(26)12-13-27(25)34-15-16-37-40(6,7)30(36)18-32(3,4)5/h8-11,14,17,20-21,27,34H,12-13,15-16,18H2,1-7H3/t27-/m0/s1. The van der Waals surface area contributed by atoms with E-state index in [0.29, 0.717) is 24.3 Å². The molecule has 1 N–H and O–H groups in total. The Morgan fingerprint density at radius 1 is 1.25 bits per heavy atom. The SMILES string of the molecule is CC(C)Oc1ccc(-c2ncc(-c3cccc4c3CC[C@@H]4NCCO[Si](C)(C)C(=O)CC(C)(C)C)s2)cc1C#N. The van der Waals surface area contributed by atoms with Gasteiger partial charge in [-0.2, -0.15) is 5.26 Å². The van der Waals surface area contributed by atoms with Crippen molar-refractivity contribution < 1.29 is 14.0 Å². The second-order valence-corrected chi connectivity index (χ2v) is 17.4. The fourth-order valence-corrected chi connectivity index (χ4v) is 7.75. The zero-order valence-electron chi connectivity index (χ0n) is 24.8. The summed E-state index contributed by atoms with van der Waals surface area (Å²) in [6, 6.07) is 14.7. The monoisotopic (exact) mass is 575 g/mol. The Kier molecular flexibility index (Phi) is 9.31. The van der Waals surface area contributed by atoms with Crippen molar-refractivity contribution in [3.63, 3.8) is 0 Å². The maximum Gasteiger partial charge on any atom is 0.258 e. The van der Waals surface area contributed by atoms with Crippen LogP contribution >= 0.6 is 11.3 Å². The van der Waals surface area contributed by atoms with Gasteiger partial charge in [0.15, 0.2) is 0 Å². The zero-order valence-corrected chi connectivity index (χ0v) is 26.6. The van der Waals surface area contributed by atoms with Gasteiger partial charge in [0, 0.05) is 37.4 Å². The number of nitrogens with one attached hydrogen (secondary N) is 1. The van der Waals surface area contributed by atoms with Gasteiger partial charge in [-0.05, 0) is 80.1 Å². The van der Waals surface area contributed by atoms with E-state index in [4.69, 9.17) is 14.1 Å². The molecule has 0 saturated heterocycles. The molecule has 1 heterocycles. The number of carbonyl (C=O) groups is 1. The molecule has 8 heteroatoms. The molecule has 0 fully saturated rings. The Hall–Kier alpha value is -2.83. The van der Waals surface area contributed by atoms with Gasteiger partial charge in [0.1, 0.15) is 22.2 Å². The predicted molar refractivity (Wildman–Crippen MR) is 165 cm³/mol. The van der Waals surface area contributed by atoms with E-state index in [2.05, 4.69) is 50.4 Å². The molecule has 1 aromatic heterocycles. The highest BCUT2D eigenvalue weighted by Gasteiger charge is 2.35. The molecule has 0 bridgehead atoms. The summed E-state index contributed by atoms with van der Waals surface area (Å²) >= 11 is 1.65. The lowest BCUT2D eigenvalue weighted by Crippen LogP contribution is -2.44. The number of rotatable bonds is 11. The van der Waals surface area contributed by atoms with E-state index < -0.39 is 8.32 Å². The number of nitriles is 1. The van der Waals surface area contributed by atoms with Crippen molar-refractivity contribution in [1.29, 1.82) is 5.26 Å². The van der Waals surface area contributed by atoms with Crippen molar-refractivity contribution in [3.8, 4) is 32.8 Å². The van der Waals surface area contributed by atoms with Gasteiger partial charge in [-0.3, -0.25) is 0 Å². The molecule has 0 saturated carbocycles. The molecule has 3 aromatic rings. The van der Waals surface area contributed by atoms with Gasteiger partial charge < -0.3 is 19.3 Å². The van der Waals surface area contributed by atoms with Crippen LogP contribution in [0.5, 0.6) is 5.75 Å². The van der Waals surface area contributed by atoms with Crippen LogP contribution in [0.2, 0.25) is 13.1 Å². The number of hydrogen-bond acceptors (Lipinski definition) is 7. The number of fused-ring (bicyclic) bond motifs is 1. The van der Waals surface area contributed by atoms with Gasteiger partial charge in [-0.15, -0.1) is 11.3 Å². The minimum atomic E-state index is -2.37. The maximum atomic E-state index is 12.7. The summed E-state index contributed by atoms with van der Waals surface area (Å²) in [7, 11) is -2.37. The Bertz CT molecular complexity index is 1400. The first kappa shape index (κ1) is 30.1. The molecule has 0 radical (unpaired) electrons. The number of aromatic nitrogens is 1. The Labute approximate surface area is 243 Å². The lowest BCUT2D eigenvalue weighted by atomic mass is 9.93. The minimum absolute atomic E-state index is 0.00626. The molecular formula is C32H41N3O3SSi. The maximum absolute atomic E-state index is 12.7. The number of nitrogens with zero attached hydrogens (tertiary/aromatic N) is 2. The Morgan fingerprint density at radius 3 is 2.73 bits per heavy atom. The van der Waals surface area contributed by atoms with Crippen molar-refractivity contribution in [1.82, 2.24) is 10.3 Å². The third-order valence-electron chi connectivity index (χ3n) is 7.07. The fourth-order valence-electron chi connectivity index (χ4n) is 5.05. The van der Waals surface area contributed by atoms with Crippen molar-refractivity contribution in [2.45, 2.75) is 79.1 Å². The van der Waals surface area contributed by atoms with Gasteiger partial charge in [0.05, 0.1) is 16.5 Å². The van der Waals surface area contributed by atoms with Crippen LogP contribution in [0.25, 0.3) is 21.0 Å². The highest BCUT2D eigenvalue weighted by Crippen LogP contribution is 2.41. The average Bonchev–Trinajstić information content (AvgIpc) is 3.53. The van der Waals surface area contributed by atoms with Crippen LogP contribution < -0.4 is 10.1 Å². The Morgan fingerprint density at radius 2 is 2.02 bits per heavy atom. The Balaban J connectivity index is 1.42. The van der Waals surface area contributed by atoms with Crippen LogP contribution in [0.1, 0.15) is 70.2 Å². The number of carbonyl (C=O) groups excluding carboxylic acids is 1. The molecule has 1 aliphatic carbocycles. The molecule has 0 unspecified atom stereocenters. The zero-order chi connectivity index (χ0) is 29.1. The highest BCUT2D eigenvalue weighted by atomic mass is 32.1. The molecule has 6 nitrogen and oxygen atoms in total. The van der Waals surface area contributed by atoms with E-state index in [0.717, 1.165) is 34.8 Å². The van der Waals surface area contributed by atoms with E-state index in [-0.39, 0.29) is 23.0 Å². The van der Waals surface area contributed by atoms with E-state index in [1.807, 2.05) is 51.3 Å². The molecule has 212 valence electrons. The normalized spacial score (nSPS) is 15.2. The molecule has 4 rings (SSSR count). The smallest absolute Gasteiger partial charge is 0.258 e. The van der Waals surface area contributed by atoms with E-state index in [9.17, 15) is 10.1 Å². The van der Waals surface area contributed by atoms with Crippen LogP contribution in [-0.2, 0) is 15.6 Å². The second kappa shape index (κ2) is 12.4. The number of thiazole rings is 1. The minimum Gasteiger partial charge on any atom is -0.490 e. The molecule has 40 heavy (non-hydrogen) atoms. The van der Waals surface area contributed by atoms with Crippen LogP contribution in [0, 0.1) is 16.7 Å². The molecule has 0 amide bonds. The van der Waals surface area contributed by atoms with Crippen LogP contribution in [0.3, 0.4) is 0 Å². The molecule has 1 aliphatic rings. The van der Waals surface area contributed by atoms with Gasteiger partial charge >= 0.3 is 0 Å². The van der Waals surface area contributed by atoms with E-state index in [1.54, 1.807) is 11.3 Å². The number of hydrogen-bond donors (Lipinski definition) is 1. The predicted octanol–water partition coefficient (Wildman–Crippen LogP) is 7.48. The van der Waals surface area contributed by atoms with Crippen LogP contribution in [0.15, 0.2) is 42.6 Å². The van der Waals surface area contributed by atoms with Gasteiger partial charge in [0.25, 0.3) is 8.32 Å². The number of benzene rings is 2. The summed E-state index contributed by atoms with van der Waals surface area (Å²) in [6.07, 6.45) is 4.55. The van der Waals surface area contributed by atoms with Crippen LogP contribution in [0.4, 0.5) is 0 Å². The number of ether oxygens (including phenoxy) is 1. The molecule has 0 aliphatic heterocycles. The summed E-state index contributed by atoms with van der Waals surface area (Å²) in [4.78, 5) is 18.6. The first-order chi connectivity index (χ1) is 18.9. The molecule has 1 atom stereocenters. The first-order valence-electron chi connectivity index (χ1n) is 14.1. The van der Waals surface area contributed by atoms with Crippen molar-refractivity contribution in [2.75, 3.05) is 13.2 Å². The lowest BCUT2D eigenvalue weighted by molar-refractivity contribution is -0.115. The average molecular weight is 576 g/mol. The van der Waals surface area contributed by atoms with Crippen molar-refractivity contribution >= 4 is 25.1 Å². The first-order valence-corrected chi connectivity index (χ1v) is 17.8. The van der Waals surface area contributed by atoms with Crippen molar-refractivity contribution in [2.24, 2.45) is 5.41 Å². The highest BCUT2D eigenvalue weighted by molar-refractivity contribution is 7.18. The van der Waals surface area contributed by atoms with E-state index >= 15 is 0 Å². The summed E-state index contributed by atoms with van der Waals surface area (Å²) < 4.78 is 11.9. The summed E-state index contributed by atoms with van der Waals surface area (Å²) in [5, 5.41) is 14.5.